The van der Waals surface area contributed by atoms with Crippen LogP contribution in [0.1, 0.15) is 11.1 Å². The second-order valence-electron chi connectivity index (χ2n) is 5.71. The summed E-state index contributed by atoms with van der Waals surface area (Å²) in [6, 6.07) is 7.96. The molecule has 0 saturated carbocycles. The molecule has 3 rings (SSSR count). The van der Waals surface area contributed by atoms with Gasteiger partial charge in [-0.15, -0.1) is 0 Å². The molecule has 2 heterocycles. The van der Waals surface area contributed by atoms with Crippen molar-refractivity contribution in [2.75, 3.05) is 26.2 Å². The van der Waals surface area contributed by atoms with Crippen LogP contribution in [0.4, 0.5) is 5.69 Å². The molecule has 1 aromatic carbocycles. The minimum Gasteiger partial charge on any atom is -0.493 e. The first-order chi connectivity index (χ1) is 11.6. The molecule has 0 N–H and O–H groups in total. The molecular formula is C19H21N3O2. The molecule has 124 valence electrons. The molecule has 0 saturated heterocycles. The lowest BCUT2D eigenvalue weighted by atomic mass is 10.1. The van der Waals surface area contributed by atoms with Crippen LogP contribution in [0.2, 0.25) is 0 Å². The van der Waals surface area contributed by atoms with Gasteiger partial charge in [0.1, 0.15) is 0 Å². The number of methoxy groups -OCH3 is 2. The lowest BCUT2D eigenvalue weighted by Gasteiger charge is -2.22. The Bertz CT molecular complexity index is 864. The van der Waals surface area contributed by atoms with Crippen LogP contribution in [0.5, 0.6) is 11.5 Å². The van der Waals surface area contributed by atoms with Gasteiger partial charge in [-0.3, -0.25) is 9.97 Å². The van der Waals surface area contributed by atoms with Crippen molar-refractivity contribution in [1.29, 1.82) is 0 Å². The monoisotopic (exact) mass is 323 g/mol. The largest absolute Gasteiger partial charge is 0.493 e. The lowest BCUT2D eigenvalue weighted by Crippen LogP contribution is -2.17. The van der Waals surface area contributed by atoms with Gasteiger partial charge in [0.2, 0.25) is 0 Å². The standard InChI is InChI=1S/C19H21N3O2/c1-13-11-20-7-5-14(13)12-22(2)17-6-8-21-16-10-19(24-4)18(23-3)9-15(16)17/h5-11H,12H2,1-4H3. The Morgan fingerprint density at radius 2 is 1.79 bits per heavy atom. The lowest BCUT2D eigenvalue weighted by molar-refractivity contribution is 0.356. The van der Waals surface area contributed by atoms with Gasteiger partial charge in [0.15, 0.2) is 11.5 Å². The Morgan fingerprint density at radius 1 is 1.04 bits per heavy atom. The zero-order valence-corrected chi connectivity index (χ0v) is 14.4. The zero-order chi connectivity index (χ0) is 17.1. The number of nitrogens with zero attached hydrogens (tertiary/aromatic N) is 3. The van der Waals surface area contributed by atoms with Crippen LogP contribution in [0.3, 0.4) is 0 Å². The molecule has 0 unspecified atom stereocenters. The quantitative estimate of drug-likeness (QED) is 0.718. The maximum absolute atomic E-state index is 5.44. The van der Waals surface area contributed by atoms with Crippen molar-refractivity contribution in [1.82, 2.24) is 9.97 Å². The van der Waals surface area contributed by atoms with E-state index in [9.17, 15) is 0 Å². The maximum atomic E-state index is 5.44. The zero-order valence-electron chi connectivity index (χ0n) is 14.4. The van der Waals surface area contributed by atoms with Crippen molar-refractivity contribution in [2.24, 2.45) is 0 Å². The van der Waals surface area contributed by atoms with Gasteiger partial charge >= 0.3 is 0 Å². The van der Waals surface area contributed by atoms with E-state index in [0.29, 0.717) is 11.5 Å². The summed E-state index contributed by atoms with van der Waals surface area (Å²) < 4.78 is 10.8. The van der Waals surface area contributed by atoms with E-state index in [1.165, 1.54) is 11.1 Å². The van der Waals surface area contributed by atoms with Gasteiger partial charge in [-0.2, -0.15) is 0 Å². The van der Waals surface area contributed by atoms with E-state index in [-0.39, 0.29) is 0 Å². The number of aryl methyl sites for hydroxylation is 1. The summed E-state index contributed by atoms with van der Waals surface area (Å²) in [7, 11) is 5.35. The minimum absolute atomic E-state index is 0.683. The van der Waals surface area contributed by atoms with Crippen LogP contribution in [0, 0.1) is 6.92 Å². The number of hydrogen-bond acceptors (Lipinski definition) is 5. The van der Waals surface area contributed by atoms with Crippen molar-refractivity contribution >= 4 is 16.6 Å². The highest BCUT2D eigenvalue weighted by Crippen LogP contribution is 2.35. The van der Waals surface area contributed by atoms with Crippen LogP contribution < -0.4 is 14.4 Å². The van der Waals surface area contributed by atoms with Gasteiger partial charge in [0, 0.05) is 49.3 Å². The number of fused-ring (bicyclic) bond motifs is 1. The van der Waals surface area contributed by atoms with E-state index < -0.39 is 0 Å². The Kier molecular flexibility index (Phi) is 4.51. The molecule has 0 radical (unpaired) electrons. The predicted molar refractivity (Wildman–Crippen MR) is 95.9 cm³/mol. The van der Waals surface area contributed by atoms with Gasteiger partial charge in [0.05, 0.1) is 19.7 Å². The van der Waals surface area contributed by atoms with Crippen LogP contribution >= 0.6 is 0 Å². The minimum atomic E-state index is 0.683. The molecule has 2 aromatic heterocycles. The molecule has 24 heavy (non-hydrogen) atoms. The van der Waals surface area contributed by atoms with Crippen molar-refractivity contribution in [3.05, 3.63) is 54.0 Å². The van der Waals surface area contributed by atoms with E-state index in [0.717, 1.165) is 23.1 Å². The summed E-state index contributed by atoms with van der Waals surface area (Å²) >= 11 is 0. The number of pyridine rings is 2. The summed E-state index contributed by atoms with van der Waals surface area (Å²) in [6.45, 7) is 2.87. The van der Waals surface area contributed by atoms with E-state index in [2.05, 4.69) is 34.9 Å². The van der Waals surface area contributed by atoms with Gasteiger partial charge in [-0.25, -0.2) is 0 Å². The smallest absolute Gasteiger partial charge is 0.162 e. The summed E-state index contributed by atoms with van der Waals surface area (Å²) in [5, 5.41) is 1.03. The Hall–Kier alpha value is -2.82. The van der Waals surface area contributed by atoms with Gasteiger partial charge in [-0.1, -0.05) is 0 Å². The first-order valence-corrected chi connectivity index (χ1v) is 7.75. The average molecular weight is 323 g/mol. The number of rotatable bonds is 5. The number of anilines is 1. The highest BCUT2D eigenvalue weighted by molar-refractivity contribution is 5.93. The Balaban J connectivity index is 2.04. The van der Waals surface area contributed by atoms with E-state index in [4.69, 9.17) is 9.47 Å². The van der Waals surface area contributed by atoms with Crippen LogP contribution in [-0.4, -0.2) is 31.2 Å². The molecule has 0 atom stereocenters. The third-order valence-electron chi connectivity index (χ3n) is 4.18. The van der Waals surface area contributed by atoms with E-state index >= 15 is 0 Å². The maximum Gasteiger partial charge on any atom is 0.162 e. The van der Waals surface area contributed by atoms with Crippen molar-refractivity contribution in [3.8, 4) is 11.5 Å². The number of aromatic nitrogens is 2. The third-order valence-corrected chi connectivity index (χ3v) is 4.18. The Morgan fingerprint density at radius 3 is 2.50 bits per heavy atom. The number of benzene rings is 1. The summed E-state index contributed by atoms with van der Waals surface area (Å²) in [4.78, 5) is 10.8. The topological polar surface area (TPSA) is 47.5 Å². The fourth-order valence-electron chi connectivity index (χ4n) is 2.81. The molecule has 0 aliphatic rings. The summed E-state index contributed by atoms with van der Waals surface area (Å²) in [5.74, 6) is 1.38. The number of ether oxygens (including phenoxy) is 2. The first kappa shape index (κ1) is 16.1. The molecule has 5 heteroatoms. The molecule has 0 amide bonds. The molecule has 3 aromatic rings. The molecule has 0 aliphatic heterocycles. The fourth-order valence-corrected chi connectivity index (χ4v) is 2.81. The molecule has 0 fully saturated rings. The van der Waals surface area contributed by atoms with Crippen molar-refractivity contribution in [2.45, 2.75) is 13.5 Å². The fraction of sp³-hybridized carbons (Fsp3) is 0.263. The van der Waals surface area contributed by atoms with E-state index in [1.54, 1.807) is 14.2 Å². The third kappa shape index (κ3) is 2.97. The second kappa shape index (κ2) is 6.74. The van der Waals surface area contributed by atoms with Gasteiger partial charge in [0.25, 0.3) is 0 Å². The number of hydrogen-bond donors (Lipinski definition) is 0. The predicted octanol–water partition coefficient (Wildman–Crippen LogP) is 3.59. The molecule has 0 aliphatic carbocycles. The van der Waals surface area contributed by atoms with Crippen LogP contribution in [0.25, 0.3) is 10.9 Å². The Labute approximate surface area is 141 Å². The van der Waals surface area contributed by atoms with E-state index in [1.807, 2.05) is 36.8 Å². The molecular weight excluding hydrogens is 302 g/mol. The molecule has 0 spiro atoms. The normalized spacial score (nSPS) is 10.7. The molecule has 0 bridgehead atoms. The van der Waals surface area contributed by atoms with Gasteiger partial charge in [-0.05, 0) is 36.2 Å². The van der Waals surface area contributed by atoms with Crippen molar-refractivity contribution < 1.29 is 9.47 Å². The average Bonchev–Trinajstić information content (AvgIpc) is 2.61. The summed E-state index contributed by atoms with van der Waals surface area (Å²) in [5.41, 5.74) is 4.40. The highest BCUT2D eigenvalue weighted by atomic mass is 16.5. The van der Waals surface area contributed by atoms with Gasteiger partial charge < -0.3 is 14.4 Å². The highest BCUT2D eigenvalue weighted by Gasteiger charge is 2.13. The second-order valence-corrected chi connectivity index (χ2v) is 5.71. The first-order valence-electron chi connectivity index (χ1n) is 7.75. The summed E-state index contributed by atoms with van der Waals surface area (Å²) in [6.07, 6.45) is 5.54. The van der Waals surface area contributed by atoms with Crippen molar-refractivity contribution in [3.63, 3.8) is 0 Å². The SMILES string of the molecule is COc1cc2nccc(N(C)Cc3ccncc3C)c2cc1OC. The van der Waals surface area contributed by atoms with Crippen LogP contribution in [0.15, 0.2) is 42.9 Å². The molecule has 5 nitrogen and oxygen atoms in total. The van der Waals surface area contributed by atoms with Crippen LogP contribution in [-0.2, 0) is 6.54 Å².